The van der Waals surface area contributed by atoms with E-state index in [1.807, 2.05) is 13.8 Å². The van der Waals surface area contributed by atoms with Crippen molar-refractivity contribution < 1.29 is 24.2 Å². The second-order valence-corrected chi connectivity index (χ2v) is 12.0. The standard InChI is InChI=1S/C24H39N3O5/c1-13-9-17(19(25)28)27(14(13)2)20(29)18(26-21(30)32-22(3,4)5)23-7-6-8-24(31,12-23)16-10-15(16)11-23/h13-18,31H,6-12H2,1-5H3,(H2,25,28)(H,26,30)/t13?,14?,15?,16?,17-,18+,23?,24?/m0/s1. The Balaban J connectivity index is 1.69. The minimum atomic E-state index is -0.861. The number of carbonyl (C=O) groups is 3. The third kappa shape index (κ3) is 3.99. The van der Waals surface area contributed by atoms with Crippen LogP contribution in [0.1, 0.15) is 79.6 Å². The lowest BCUT2D eigenvalue weighted by molar-refractivity contribution is -0.152. The smallest absolute Gasteiger partial charge is 0.408 e. The van der Waals surface area contributed by atoms with Gasteiger partial charge < -0.3 is 25.8 Å². The maximum absolute atomic E-state index is 14.1. The summed E-state index contributed by atoms with van der Waals surface area (Å²) in [6.07, 6.45) is 4.44. The van der Waals surface area contributed by atoms with Gasteiger partial charge in [-0.15, -0.1) is 0 Å². The number of primary amides is 1. The van der Waals surface area contributed by atoms with Crippen LogP contribution in [0.4, 0.5) is 4.79 Å². The third-order valence-electron chi connectivity index (χ3n) is 8.52. The van der Waals surface area contributed by atoms with Crippen molar-refractivity contribution in [1.82, 2.24) is 10.2 Å². The van der Waals surface area contributed by atoms with E-state index in [1.54, 1.807) is 25.7 Å². The summed E-state index contributed by atoms with van der Waals surface area (Å²) < 4.78 is 5.52. The highest BCUT2D eigenvalue weighted by Crippen LogP contribution is 2.66. The molecule has 0 radical (unpaired) electrons. The number of likely N-dealkylation sites (tertiary alicyclic amines) is 1. The summed E-state index contributed by atoms with van der Waals surface area (Å²) in [5, 5.41) is 14.3. The fourth-order valence-electron chi connectivity index (χ4n) is 6.92. The maximum Gasteiger partial charge on any atom is 0.408 e. The highest BCUT2D eigenvalue weighted by atomic mass is 16.6. The molecule has 3 aliphatic carbocycles. The Morgan fingerprint density at radius 1 is 1.19 bits per heavy atom. The first-order valence-corrected chi connectivity index (χ1v) is 12.1. The molecule has 4 fully saturated rings. The molecule has 1 heterocycles. The van der Waals surface area contributed by atoms with Gasteiger partial charge in [0.2, 0.25) is 11.8 Å². The molecule has 3 saturated carbocycles. The minimum absolute atomic E-state index is 0.124. The van der Waals surface area contributed by atoms with Crippen LogP contribution in [0.15, 0.2) is 0 Å². The molecular formula is C24H39N3O5. The molecule has 0 spiro atoms. The first kappa shape index (κ1) is 23.3. The van der Waals surface area contributed by atoms with Crippen LogP contribution in [0, 0.1) is 23.2 Å². The highest BCUT2D eigenvalue weighted by molar-refractivity contribution is 5.92. The van der Waals surface area contributed by atoms with Crippen molar-refractivity contribution in [1.29, 1.82) is 0 Å². The lowest BCUT2D eigenvalue weighted by Crippen LogP contribution is -2.64. The Labute approximate surface area is 190 Å². The van der Waals surface area contributed by atoms with E-state index < -0.39 is 40.7 Å². The van der Waals surface area contributed by atoms with Crippen LogP contribution in [0.2, 0.25) is 0 Å². The van der Waals surface area contributed by atoms with Crippen molar-refractivity contribution >= 4 is 17.9 Å². The Hall–Kier alpha value is -1.83. The van der Waals surface area contributed by atoms with Crippen LogP contribution in [0.25, 0.3) is 0 Å². The topological polar surface area (TPSA) is 122 Å². The van der Waals surface area contributed by atoms with Crippen molar-refractivity contribution in [2.45, 2.75) is 109 Å². The Kier molecular flexibility index (Phi) is 5.55. The Morgan fingerprint density at radius 2 is 1.88 bits per heavy atom. The van der Waals surface area contributed by atoms with Crippen LogP contribution in [0.5, 0.6) is 0 Å². The number of fused-ring (bicyclic) bond motifs is 4. The molecule has 2 bridgehead atoms. The predicted octanol–water partition coefficient (Wildman–Crippen LogP) is 2.32. The molecule has 32 heavy (non-hydrogen) atoms. The van der Waals surface area contributed by atoms with Gasteiger partial charge in [-0.05, 0) is 90.4 Å². The SMILES string of the molecule is CC1C[C@@H](C(N)=O)N(C(=O)[C@@H](NC(=O)OC(C)(C)C)C23CCCC(O)(C2)C2CC2C3)C1C. The van der Waals surface area contributed by atoms with E-state index in [4.69, 9.17) is 10.5 Å². The van der Waals surface area contributed by atoms with Gasteiger partial charge in [0.1, 0.15) is 17.7 Å². The van der Waals surface area contributed by atoms with Gasteiger partial charge >= 0.3 is 6.09 Å². The van der Waals surface area contributed by atoms with Gasteiger partial charge in [-0.25, -0.2) is 4.79 Å². The van der Waals surface area contributed by atoms with Gasteiger partial charge in [0.15, 0.2) is 0 Å². The zero-order chi connectivity index (χ0) is 23.6. The molecule has 8 atom stereocenters. The van der Waals surface area contributed by atoms with Gasteiger partial charge in [-0.3, -0.25) is 9.59 Å². The molecule has 0 aromatic heterocycles. The average Bonchev–Trinajstić information content (AvgIpc) is 3.37. The van der Waals surface area contributed by atoms with Crippen LogP contribution >= 0.6 is 0 Å². The largest absolute Gasteiger partial charge is 0.444 e. The zero-order valence-electron chi connectivity index (χ0n) is 20.0. The number of carbonyl (C=O) groups excluding carboxylic acids is 3. The molecule has 8 nitrogen and oxygen atoms in total. The quantitative estimate of drug-likeness (QED) is 0.608. The summed E-state index contributed by atoms with van der Waals surface area (Å²) in [7, 11) is 0. The van der Waals surface area contributed by atoms with Gasteiger partial charge in [0, 0.05) is 11.5 Å². The summed E-state index contributed by atoms with van der Waals surface area (Å²) in [4.78, 5) is 40.8. The molecule has 3 amide bonds. The number of nitrogens with two attached hydrogens (primary N) is 1. The van der Waals surface area contributed by atoms with E-state index in [0.29, 0.717) is 24.7 Å². The number of rotatable bonds is 4. The second-order valence-electron chi connectivity index (χ2n) is 12.0. The van der Waals surface area contributed by atoms with Crippen molar-refractivity contribution in [3.8, 4) is 0 Å². The molecule has 1 saturated heterocycles. The lowest BCUT2D eigenvalue weighted by Gasteiger charge is -2.53. The van der Waals surface area contributed by atoms with Crippen LogP contribution in [0.3, 0.4) is 0 Å². The summed E-state index contributed by atoms with van der Waals surface area (Å²) in [6.45, 7) is 9.29. The summed E-state index contributed by atoms with van der Waals surface area (Å²) in [5.74, 6) is 0.0107. The van der Waals surface area contributed by atoms with Gasteiger partial charge in [0.25, 0.3) is 0 Å². The number of hydrogen-bond donors (Lipinski definition) is 3. The molecular weight excluding hydrogens is 410 g/mol. The summed E-state index contributed by atoms with van der Waals surface area (Å²) in [5.41, 5.74) is 3.65. The van der Waals surface area contributed by atoms with Crippen LogP contribution < -0.4 is 11.1 Å². The number of alkyl carbamates (subject to hydrolysis) is 1. The molecule has 6 unspecified atom stereocenters. The van der Waals surface area contributed by atoms with E-state index in [9.17, 15) is 19.5 Å². The minimum Gasteiger partial charge on any atom is -0.444 e. The van der Waals surface area contributed by atoms with E-state index in [0.717, 1.165) is 32.1 Å². The van der Waals surface area contributed by atoms with E-state index in [-0.39, 0.29) is 17.9 Å². The monoisotopic (exact) mass is 449 g/mol. The average molecular weight is 450 g/mol. The van der Waals surface area contributed by atoms with Crippen molar-refractivity contribution in [2.75, 3.05) is 0 Å². The number of amides is 3. The van der Waals surface area contributed by atoms with Gasteiger partial charge in [0.05, 0.1) is 5.60 Å². The number of hydrogen-bond acceptors (Lipinski definition) is 5. The molecule has 0 aromatic carbocycles. The lowest BCUT2D eigenvalue weighted by atomic mass is 9.56. The molecule has 180 valence electrons. The molecule has 0 aromatic rings. The molecule has 8 heteroatoms. The van der Waals surface area contributed by atoms with Crippen LogP contribution in [-0.2, 0) is 14.3 Å². The van der Waals surface area contributed by atoms with Gasteiger partial charge in [-0.1, -0.05) is 6.92 Å². The Bertz CT molecular complexity index is 810. The highest BCUT2D eigenvalue weighted by Gasteiger charge is 2.66. The van der Waals surface area contributed by atoms with Crippen molar-refractivity contribution in [2.24, 2.45) is 28.9 Å². The number of aliphatic hydroxyl groups is 1. The first-order chi connectivity index (χ1) is 14.8. The molecule has 4 rings (SSSR count). The number of ether oxygens (including phenoxy) is 1. The van der Waals surface area contributed by atoms with Gasteiger partial charge in [-0.2, -0.15) is 0 Å². The van der Waals surface area contributed by atoms with E-state index in [2.05, 4.69) is 5.32 Å². The fourth-order valence-corrected chi connectivity index (χ4v) is 6.92. The molecule has 4 N–H and O–H groups in total. The number of nitrogens with zero attached hydrogens (tertiary/aromatic N) is 1. The second kappa shape index (κ2) is 7.61. The molecule has 1 aliphatic heterocycles. The molecule has 4 aliphatic rings. The normalized spacial score (nSPS) is 41.4. The van der Waals surface area contributed by atoms with E-state index in [1.165, 1.54) is 0 Å². The van der Waals surface area contributed by atoms with Crippen molar-refractivity contribution in [3.63, 3.8) is 0 Å². The maximum atomic E-state index is 14.1. The predicted molar refractivity (Wildman–Crippen MR) is 118 cm³/mol. The van der Waals surface area contributed by atoms with E-state index >= 15 is 0 Å². The summed E-state index contributed by atoms with van der Waals surface area (Å²) >= 11 is 0. The third-order valence-corrected chi connectivity index (χ3v) is 8.52. The zero-order valence-corrected chi connectivity index (χ0v) is 20.0. The summed E-state index contributed by atoms with van der Waals surface area (Å²) in [6, 6.07) is -1.72. The Morgan fingerprint density at radius 3 is 2.50 bits per heavy atom. The fraction of sp³-hybridized carbons (Fsp3) is 0.875. The number of nitrogens with one attached hydrogen (secondary N) is 1. The first-order valence-electron chi connectivity index (χ1n) is 12.1. The van der Waals surface area contributed by atoms with Crippen LogP contribution in [-0.4, -0.2) is 57.2 Å². The van der Waals surface area contributed by atoms with Crippen molar-refractivity contribution in [3.05, 3.63) is 0 Å².